The van der Waals surface area contributed by atoms with Gasteiger partial charge in [-0.3, -0.25) is 4.90 Å². The van der Waals surface area contributed by atoms with Crippen LogP contribution in [0.1, 0.15) is 20.3 Å². The number of epoxide rings is 1. The predicted molar refractivity (Wildman–Crippen MR) is 62.6 cm³/mol. The summed E-state index contributed by atoms with van der Waals surface area (Å²) in [5.74, 6) is 0. The van der Waals surface area contributed by atoms with Gasteiger partial charge in [-0.15, -0.1) is 0 Å². The Hall–Kier alpha value is -1.29. The van der Waals surface area contributed by atoms with E-state index in [9.17, 15) is 4.79 Å². The first-order chi connectivity index (χ1) is 8.27. The summed E-state index contributed by atoms with van der Waals surface area (Å²) in [5, 5.41) is 0. The summed E-state index contributed by atoms with van der Waals surface area (Å²) in [6.07, 6.45) is 5.41. The van der Waals surface area contributed by atoms with E-state index >= 15 is 0 Å². The van der Waals surface area contributed by atoms with Crippen molar-refractivity contribution in [1.82, 2.24) is 4.90 Å². The van der Waals surface area contributed by atoms with Gasteiger partial charge < -0.3 is 9.47 Å². The molecule has 1 saturated heterocycles. The van der Waals surface area contributed by atoms with E-state index in [0.29, 0.717) is 6.61 Å². The van der Waals surface area contributed by atoms with Gasteiger partial charge in [0.05, 0.1) is 12.6 Å². The van der Waals surface area contributed by atoms with E-state index in [1.807, 2.05) is 18.7 Å². The van der Waals surface area contributed by atoms with Gasteiger partial charge in [0, 0.05) is 6.54 Å². The SMILES string of the molecule is C/C=C1\C2=CCCN(C(=O)OCC)[C@@H]2[C@@H]2O[C@H]12. The molecule has 1 aliphatic carbocycles. The number of allylic oxidation sites excluding steroid dienone is 1. The first kappa shape index (κ1) is 10.8. The van der Waals surface area contributed by atoms with Gasteiger partial charge in [0.2, 0.25) is 0 Å². The van der Waals surface area contributed by atoms with Crippen LogP contribution in [0.2, 0.25) is 0 Å². The van der Waals surface area contributed by atoms with Gasteiger partial charge in [0.25, 0.3) is 0 Å². The fourth-order valence-electron chi connectivity index (χ4n) is 2.95. The molecule has 0 aromatic heterocycles. The zero-order valence-corrected chi connectivity index (χ0v) is 10.2. The van der Waals surface area contributed by atoms with Gasteiger partial charge in [0.1, 0.15) is 12.2 Å². The third kappa shape index (κ3) is 1.51. The van der Waals surface area contributed by atoms with Crippen molar-refractivity contribution in [3.05, 3.63) is 23.3 Å². The number of amides is 1. The lowest BCUT2D eigenvalue weighted by Gasteiger charge is -2.33. The highest BCUT2D eigenvalue weighted by atomic mass is 16.6. The second-order valence-corrected chi connectivity index (χ2v) is 4.55. The van der Waals surface area contributed by atoms with Crippen molar-refractivity contribution in [2.75, 3.05) is 13.2 Å². The Morgan fingerprint density at radius 3 is 3.24 bits per heavy atom. The van der Waals surface area contributed by atoms with Crippen molar-refractivity contribution < 1.29 is 14.3 Å². The van der Waals surface area contributed by atoms with Crippen LogP contribution in [-0.4, -0.2) is 42.4 Å². The Balaban J connectivity index is 1.87. The van der Waals surface area contributed by atoms with Crippen molar-refractivity contribution in [3.63, 3.8) is 0 Å². The van der Waals surface area contributed by atoms with Crippen molar-refractivity contribution in [2.45, 2.75) is 38.5 Å². The van der Waals surface area contributed by atoms with Crippen molar-refractivity contribution in [3.8, 4) is 0 Å². The fourth-order valence-corrected chi connectivity index (χ4v) is 2.95. The number of hydrogen-bond donors (Lipinski definition) is 0. The summed E-state index contributed by atoms with van der Waals surface area (Å²) in [5.41, 5.74) is 2.53. The number of carbonyl (C=O) groups excluding carboxylic acids is 1. The number of carbonyl (C=O) groups is 1. The lowest BCUT2D eigenvalue weighted by molar-refractivity contribution is 0.0880. The first-order valence-electron chi connectivity index (χ1n) is 6.23. The number of nitrogens with zero attached hydrogens (tertiary/aromatic N) is 1. The quantitative estimate of drug-likeness (QED) is 0.651. The lowest BCUT2D eigenvalue weighted by Crippen LogP contribution is -2.46. The van der Waals surface area contributed by atoms with Crippen LogP contribution in [-0.2, 0) is 9.47 Å². The molecule has 2 aliphatic heterocycles. The van der Waals surface area contributed by atoms with Gasteiger partial charge in [0.15, 0.2) is 0 Å². The summed E-state index contributed by atoms with van der Waals surface area (Å²) in [6, 6.07) is 0.0824. The normalized spacial score (nSPS) is 36.4. The van der Waals surface area contributed by atoms with E-state index in [-0.39, 0.29) is 24.3 Å². The average molecular weight is 235 g/mol. The summed E-state index contributed by atoms with van der Waals surface area (Å²) >= 11 is 0. The van der Waals surface area contributed by atoms with Crippen LogP contribution in [0, 0.1) is 0 Å². The van der Waals surface area contributed by atoms with Crippen LogP contribution in [0.3, 0.4) is 0 Å². The second-order valence-electron chi connectivity index (χ2n) is 4.55. The van der Waals surface area contributed by atoms with E-state index < -0.39 is 0 Å². The molecule has 3 aliphatic rings. The first-order valence-corrected chi connectivity index (χ1v) is 6.23. The van der Waals surface area contributed by atoms with Crippen molar-refractivity contribution >= 4 is 6.09 Å². The molecule has 0 N–H and O–H groups in total. The van der Waals surface area contributed by atoms with E-state index in [0.717, 1.165) is 13.0 Å². The fraction of sp³-hybridized carbons (Fsp3) is 0.615. The van der Waals surface area contributed by atoms with Crippen LogP contribution in [0.4, 0.5) is 4.79 Å². The summed E-state index contributed by atoms with van der Waals surface area (Å²) in [7, 11) is 0. The highest BCUT2D eigenvalue weighted by Gasteiger charge is 2.59. The molecule has 0 spiro atoms. The molecule has 17 heavy (non-hydrogen) atoms. The van der Waals surface area contributed by atoms with E-state index in [1.54, 1.807) is 0 Å². The molecule has 1 amide bonds. The Morgan fingerprint density at radius 2 is 2.53 bits per heavy atom. The third-order valence-corrected chi connectivity index (χ3v) is 3.68. The maximum absolute atomic E-state index is 11.9. The molecule has 1 saturated carbocycles. The zero-order valence-electron chi connectivity index (χ0n) is 10.2. The molecule has 2 fully saturated rings. The van der Waals surface area contributed by atoms with Gasteiger partial charge >= 0.3 is 6.09 Å². The third-order valence-electron chi connectivity index (χ3n) is 3.68. The molecule has 0 radical (unpaired) electrons. The highest BCUT2D eigenvalue weighted by molar-refractivity contribution is 5.71. The molecule has 0 aromatic carbocycles. The monoisotopic (exact) mass is 235 g/mol. The maximum Gasteiger partial charge on any atom is 0.410 e. The molecule has 3 atom stereocenters. The topological polar surface area (TPSA) is 42.1 Å². The largest absolute Gasteiger partial charge is 0.450 e. The molecule has 4 nitrogen and oxygen atoms in total. The van der Waals surface area contributed by atoms with Crippen molar-refractivity contribution in [1.29, 1.82) is 0 Å². The van der Waals surface area contributed by atoms with E-state index in [4.69, 9.17) is 9.47 Å². The molecule has 4 heteroatoms. The number of hydrogen-bond acceptors (Lipinski definition) is 3. The van der Waals surface area contributed by atoms with Crippen LogP contribution >= 0.6 is 0 Å². The van der Waals surface area contributed by atoms with Gasteiger partial charge in [-0.2, -0.15) is 0 Å². The summed E-state index contributed by atoms with van der Waals surface area (Å²) in [6.45, 7) is 5.02. The zero-order chi connectivity index (χ0) is 12.0. The Labute approximate surface area is 101 Å². The molecule has 3 rings (SSSR count). The smallest absolute Gasteiger partial charge is 0.410 e. The van der Waals surface area contributed by atoms with Crippen LogP contribution in [0.15, 0.2) is 23.3 Å². The highest BCUT2D eigenvalue weighted by Crippen LogP contribution is 2.49. The predicted octanol–water partition coefficient (Wildman–Crippen LogP) is 1.87. The molecule has 0 aromatic rings. The second kappa shape index (κ2) is 3.88. The lowest BCUT2D eigenvalue weighted by atomic mass is 9.99. The summed E-state index contributed by atoms with van der Waals surface area (Å²) in [4.78, 5) is 13.7. The van der Waals surface area contributed by atoms with Crippen LogP contribution in [0.5, 0.6) is 0 Å². The number of rotatable bonds is 1. The van der Waals surface area contributed by atoms with E-state index in [2.05, 4.69) is 12.2 Å². The Morgan fingerprint density at radius 1 is 1.71 bits per heavy atom. The minimum absolute atomic E-state index is 0.0824. The number of ether oxygens (including phenoxy) is 2. The summed E-state index contributed by atoms with van der Waals surface area (Å²) < 4.78 is 10.7. The van der Waals surface area contributed by atoms with Gasteiger partial charge in [-0.05, 0) is 31.4 Å². The van der Waals surface area contributed by atoms with Crippen LogP contribution in [0.25, 0.3) is 0 Å². The average Bonchev–Trinajstić information content (AvgIpc) is 3.05. The van der Waals surface area contributed by atoms with Gasteiger partial charge in [-0.25, -0.2) is 4.79 Å². The minimum Gasteiger partial charge on any atom is -0.450 e. The molecular weight excluding hydrogens is 218 g/mol. The molecule has 0 bridgehead atoms. The molecule has 92 valence electrons. The Bertz CT molecular complexity index is 413. The Kier molecular flexibility index (Phi) is 2.47. The standard InChI is InChI=1S/C13H17NO3/c1-3-8-9-6-5-7-14(13(15)16-4-2)10(9)12-11(8)17-12/h3,6,10-12H,4-5,7H2,1-2H3/b8-3+/t10-,11+,12-/m0/s1. The molecule has 2 heterocycles. The van der Waals surface area contributed by atoms with E-state index in [1.165, 1.54) is 11.1 Å². The van der Waals surface area contributed by atoms with Crippen molar-refractivity contribution in [2.24, 2.45) is 0 Å². The molecule has 0 unspecified atom stereocenters. The maximum atomic E-state index is 11.9. The minimum atomic E-state index is -0.213. The van der Waals surface area contributed by atoms with Crippen LogP contribution < -0.4 is 0 Å². The van der Waals surface area contributed by atoms with Gasteiger partial charge in [-0.1, -0.05) is 12.2 Å². The number of fused-ring (bicyclic) bond motifs is 3. The molecular formula is C13H17NO3.